The smallest absolute Gasteiger partial charge is 0.532 e. The van der Waals surface area contributed by atoms with E-state index in [9.17, 15) is 15.1 Å². The maximum absolute atomic E-state index is 12.0. The van der Waals surface area contributed by atoms with Crippen LogP contribution < -0.4 is 15.7 Å². The number of hydrogen-bond acceptors (Lipinski definition) is 7. The van der Waals surface area contributed by atoms with Crippen molar-refractivity contribution in [1.82, 2.24) is 9.78 Å². The van der Waals surface area contributed by atoms with Crippen LogP contribution in [0.2, 0.25) is 0 Å². The summed E-state index contributed by atoms with van der Waals surface area (Å²) in [5.74, 6) is 0.00785. The molecule has 2 atom stereocenters. The van der Waals surface area contributed by atoms with Gasteiger partial charge in [-0.1, -0.05) is 0 Å². The number of carbonyl (C=O) groups is 1. The number of fused-ring (bicyclic) bond motifs is 1. The van der Waals surface area contributed by atoms with E-state index in [1.54, 1.807) is 23.0 Å². The molecule has 0 spiro atoms. The number of amides is 1. The molecule has 2 aromatic rings. The molecule has 0 bridgehead atoms. The number of ether oxygens (including phenoxy) is 1. The Bertz CT molecular complexity index is 1070. The topological polar surface area (TPSA) is 135 Å². The number of benzene rings is 1. The molecule has 4 rings (SSSR count). The van der Waals surface area contributed by atoms with Gasteiger partial charge >= 0.3 is 7.12 Å². The van der Waals surface area contributed by atoms with Crippen molar-refractivity contribution in [3.63, 3.8) is 0 Å². The maximum Gasteiger partial charge on any atom is 0.555 e. The van der Waals surface area contributed by atoms with Crippen molar-refractivity contribution in [1.29, 1.82) is 5.26 Å². The minimum Gasteiger partial charge on any atom is -0.532 e. The molecule has 4 N–H and O–H groups in total. The van der Waals surface area contributed by atoms with Crippen LogP contribution in [0.5, 0.6) is 5.75 Å². The minimum atomic E-state index is -0.959. The third kappa shape index (κ3) is 3.53. The molecule has 2 aliphatic rings. The highest BCUT2D eigenvalue weighted by Crippen LogP contribution is 2.36. The number of hydrogen-bond donors (Lipinski definition) is 3. The second-order valence-electron chi connectivity index (χ2n) is 7.52. The lowest BCUT2D eigenvalue weighted by molar-refractivity contribution is 0.0342. The van der Waals surface area contributed by atoms with Crippen LogP contribution in [0.1, 0.15) is 42.2 Å². The lowest BCUT2D eigenvalue weighted by Crippen LogP contribution is -2.29. The van der Waals surface area contributed by atoms with Crippen molar-refractivity contribution in [2.45, 2.75) is 26.3 Å². The van der Waals surface area contributed by atoms with E-state index < -0.39 is 13.0 Å². The Hall–Kier alpha value is -3.29. The fourth-order valence-corrected chi connectivity index (χ4v) is 3.71. The molecular weight excluding hydrogens is 385 g/mol. The predicted molar refractivity (Wildman–Crippen MR) is 111 cm³/mol. The van der Waals surface area contributed by atoms with E-state index in [-0.39, 0.29) is 17.5 Å². The largest absolute Gasteiger partial charge is 0.555 e. The summed E-state index contributed by atoms with van der Waals surface area (Å²) in [6, 6.07) is 7.39. The first-order valence-corrected chi connectivity index (χ1v) is 9.69. The summed E-state index contributed by atoms with van der Waals surface area (Å²) < 4.78 is 12.6. The normalized spacial score (nSPS) is 20.9. The molecule has 154 valence electrons. The summed E-state index contributed by atoms with van der Waals surface area (Å²) in [6.45, 7) is 4.60. The van der Waals surface area contributed by atoms with Crippen molar-refractivity contribution >= 4 is 30.1 Å². The number of carbonyl (C=O) groups excluding carboxylic acids is 1. The van der Waals surface area contributed by atoms with Crippen LogP contribution in [-0.4, -0.2) is 41.0 Å². The number of aromatic nitrogens is 2. The maximum atomic E-state index is 12.0. The number of nitriles is 1. The molecule has 0 aliphatic carbocycles. The second-order valence-corrected chi connectivity index (χ2v) is 7.52. The monoisotopic (exact) mass is 407 g/mol. The average Bonchev–Trinajstić information content (AvgIpc) is 3.16. The van der Waals surface area contributed by atoms with Gasteiger partial charge in [0.05, 0.1) is 24.6 Å². The number of nitrogens with two attached hydrogens (primary N) is 1. The first kappa shape index (κ1) is 20.0. The predicted octanol–water partition coefficient (Wildman–Crippen LogP) is 2.03. The molecule has 1 unspecified atom stereocenters. The molecule has 2 aliphatic heterocycles. The van der Waals surface area contributed by atoms with Crippen LogP contribution in [0, 0.1) is 17.2 Å². The summed E-state index contributed by atoms with van der Waals surface area (Å²) in [7, 11) is -0.959. The summed E-state index contributed by atoms with van der Waals surface area (Å²) in [6.07, 6.45) is 2.17. The second kappa shape index (κ2) is 7.86. The minimum absolute atomic E-state index is 0.227. The summed E-state index contributed by atoms with van der Waals surface area (Å²) in [5.41, 5.74) is 8.97. The molecule has 1 saturated heterocycles. The molecule has 1 aromatic heterocycles. The third-order valence-electron chi connectivity index (χ3n) is 5.68. The van der Waals surface area contributed by atoms with E-state index in [4.69, 9.17) is 15.1 Å². The van der Waals surface area contributed by atoms with Crippen molar-refractivity contribution in [2.75, 3.05) is 18.5 Å². The van der Waals surface area contributed by atoms with Gasteiger partial charge in [0.1, 0.15) is 11.3 Å². The summed E-state index contributed by atoms with van der Waals surface area (Å²) >= 11 is 0. The van der Waals surface area contributed by atoms with Crippen molar-refractivity contribution in [2.24, 2.45) is 11.7 Å². The van der Waals surface area contributed by atoms with Gasteiger partial charge in [0, 0.05) is 24.1 Å². The zero-order valence-corrected chi connectivity index (χ0v) is 16.8. The highest BCUT2D eigenvalue weighted by molar-refractivity contribution is 6.55. The SMILES string of the molecule is CC1=C(C)c2cc(Nc3nn([C@H]4COCCC4C#N)cc3C(N)=O)ccc2OB1O. The Labute approximate surface area is 174 Å². The van der Waals surface area contributed by atoms with E-state index in [1.165, 1.54) is 0 Å². The number of anilines is 2. The molecule has 0 saturated carbocycles. The molecule has 0 radical (unpaired) electrons. The highest BCUT2D eigenvalue weighted by Gasteiger charge is 2.30. The third-order valence-corrected chi connectivity index (χ3v) is 5.68. The van der Waals surface area contributed by atoms with E-state index in [2.05, 4.69) is 16.5 Å². The Balaban J connectivity index is 1.67. The van der Waals surface area contributed by atoms with Crippen LogP contribution >= 0.6 is 0 Å². The van der Waals surface area contributed by atoms with Gasteiger partial charge in [-0.05, 0) is 49.5 Å². The lowest BCUT2D eigenvalue weighted by Gasteiger charge is -2.27. The highest BCUT2D eigenvalue weighted by atomic mass is 16.5. The van der Waals surface area contributed by atoms with Gasteiger partial charge in [0.25, 0.3) is 5.91 Å². The fourth-order valence-electron chi connectivity index (χ4n) is 3.71. The molecule has 9 nitrogen and oxygen atoms in total. The van der Waals surface area contributed by atoms with Crippen molar-refractivity contribution in [3.8, 4) is 11.8 Å². The van der Waals surface area contributed by atoms with E-state index in [1.807, 2.05) is 19.9 Å². The Morgan fingerprint density at radius 2 is 2.27 bits per heavy atom. The van der Waals surface area contributed by atoms with Crippen LogP contribution in [0.4, 0.5) is 11.5 Å². The first-order valence-electron chi connectivity index (χ1n) is 9.69. The lowest BCUT2D eigenvalue weighted by atomic mass is 9.73. The van der Waals surface area contributed by atoms with Gasteiger partial charge in [0.2, 0.25) is 0 Å². The summed E-state index contributed by atoms with van der Waals surface area (Å²) in [5, 5.41) is 27.0. The molecule has 30 heavy (non-hydrogen) atoms. The fraction of sp³-hybridized carbons (Fsp3) is 0.350. The van der Waals surface area contributed by atoms with Crippen molar-refractivity contribution in [3.05, 3.63) is 41.0 Å². The van der Waals surface area contributed by atoms with E-state index >= 15 is 0 Å². The summed E-state index contributed by atoms with van der Waals surface area (Å²) in [4.78, 5) is 12.0. The van der Waals surface area contributed by atoms with Crippen LogP contribution in [0.25, 0.3) is 5.57 Å². The number of nitrogens with one attached hydrogen (secondary N) is 1. The molecule has 1 aromatic carbocycles. The van der Waals surface area contributed by atoms with E-state index in [0.717, 1.165) is 16.6 Å². The van der Waals surface area contributed by atoms with Crippen LogP contribution in [0.3, 0.4) is 0 Å². The first-order chi connectivity index (χ1) is 14.4. The van der Waals surface area contributed by atoms with Gasteiger partial charge in [0.15, 0.2) is 5.82 Å². The van der Waals surface area contributed by atoms with Gasteiger partial charge < -0.3 is 25.5 Å². The quantitative estimate of drug-likeness (QED) is 0.660. The van der Waals surface area contributed by atoms with Gasteiger partial charge in [-0.3, -0.25) is 9.48 Å². The van der Waals surface area contributed by atoms with Gasteiger partial charge in [-0.25, -0.2) is 0 Å². The molecular formula is C20H22BN5O4. The zero-order chi connectivity index (χ0) is 21.4. The molecule has 1 fully saturated rings. The number of nitrogens with zero attached hydrogens (tertiary/aromatic N) is 3. The standard InChI is InChI=1S/C20H22BN5O4/c1-11-12(2)21(28)30-18-4-3-14(7-15(11)18)24-20-16(19(23)27)9-26(25-20)17-10-29-6-5-13(17)8-22/h3-4,7,9,13,17,28H,5-6,10H2,1-2H3,(H2,23,27)(H,24,25)/t13?,17-/m0/s1. The Morgan fingerprint density at radius 3 is 3.00 bits per heavy atom. The van der Waals surface area contributed by atoms with Crippen LogP contribution in [0.15, 0.2) is 29.9 Å². The zero-order valence-electron chi connectivity index (χ0n) is 16.8. The number of rotatable bonds is 4. The Morgan fingerprint density at radius 1 is 1.47 bits per heavy atom. The molecule has 1 amide bonds. The van der Waals surface area contributed by atoms with Crippen molar-refractivity contribution < 1.29 is 19.2 Å². The van der Waals surface area contributed by atoms with E-state index in [0.29, 0.717) is 36.9 Å². The molecule has 10 heteroatoms. The Kier molecular flexibility index (Phi) is 5.24. The molecule has 3 heterocycles. The van der Waals surface area contributed by atoms with Gasteiger partial charge in [-0.2, -0.15) is 10.4 Å². The van der Waals surface area contributed by atoms with Gasteiger partial charge in [-0.15, -0.1) is 0 Å². The average molecular weight is 407 g/mol. The van der Waals surface area contributed by atoms with Crippen LogP contribution in [-0.2, 0) is 4.74 Å². The number of allylic oxidation sites excluding steroid dienone is 2. The number of primary amides is 1.